The van der Waals surface area contributed by atoms with Gasteiger partial charge in [-0.25, -0.2) is 0 Å². The van der Waals surface area contributed by atoms with E-state index in [1.54, 1.807) is 0 Å². The molecule has 3 rings (SSSR count). The van der Waals surface area contributed by atoms with Crippen molar-refractivity contribution < 1.29 is 0 Å². The Balaban J connectivity index is 2.01. The number of rotatable bonds is 3. The SMILES string of the molecule is CC(C)(C)C#C[Si](C1CCCCC1)(C1CCCCC1)C1CCCCC1. The molecule has 0 aromatic heterocycles. The van der Waals surface area contributed by atoms with Gasteiger partial charge in [-0.05, 0) is 37.4 Å². The van der Waals surface area contributed by atoms with Crippen LogP contribution in [0.3, 0.4) is 0 Å². The standard InChI is InChI=1S/C24H42Si/c1-24(2,3)19-20-25(21-13-7-4-8-14-21,22-15-9-5-10-16-22)23-17-11-6-12-18-23/h21-23H,4-18H2,1-3H3. The Labute approximate surface area is 158 Å². The second-order valence-corrected chi connectivity index (χ2v) is 15.0. The predicted molar refractivity (Wildman–Crippen MR) is 113 cm³/mol. The second kappa shape index (κ2) is 8.64. The van der Waals surface area contributed by atoms with Crippen molar-refractivity contribution in [3.63, 3.8) is 0 Å². The number of hydrogen-bond acceptors (Lipinski definition) is 0. The summed E-state index contributed by atoms with van der Waals surface area (Å²) in [6.45, 7) is 7.01. The van der Waals surface area contributed by atoms with Gasteiger partial charge < -0.3 is 0 Å². The van der Waals surface area contributed by atoms with E-state index >= 15 is 0 Å². The summed E-state index contributed by atoms with van der Waals surface area (Å²) in [7, 11) is -1.56. The second-order valence-electron chi connectivity index (χ2n) is 10.4. The molecule has 0 aromatic carbocycles. The van der Waals surface area contributed by atoms with Crippen LogP contribution in [0.25, 0.3) is 0 Å². The van der Waals surface area contributed by atoms with Crippen LogP contribution >= 0.6 is 0 Å². The minimum absolute atomic E-state index is 0.177. The van der Waals surface area contributed by atoms with Gasteiger partial charge in [0.25, 0.3) is 0 Å². The predicted octanol–water partition coefficient (Wildman–Crippen LogP) is 8.03. The van der Waals surface area contributed by atoms with Gasteiger partial charge in [0.05, 0.1) is 0 Å². The Morgan fingerprint density at radius 1 is 0.560 bits per heavy atom. The van der Waals surface area contributed by atoms with Crippen molar-refractivity contribution in [2.75, 3.05) is 0 Å². The fourth-order valence-electron chi connectivity index (χ4n) is 6.34. The molecular formula is C24H42Si. The Kier molecular flexibility index (Phi) is 6.75. The summed E-state index contributed by atoms with van der Waals surface area (Å²) in [5.74, 6) is 3.87. The van der Waals surface area contributed by atoms with E-state index in [9.17, 15) is 0 Å². The third-order valence-electron chi connectivity index (χ3n) is 7.50. The lowest BCUT2D eigenvalue weighted by molar-refractivity contribution is 0.421. The summed E-state index contributed by atoms with van der Waals surface area (Å²) in [6, 6.07) is 0. The van der Waals surface area contributed by atoms with Gasteiger partial charge in [0, 0.05) is 5.41 Å². The molecule has 3 aliphatic rings. The quantitative estimate of drug-likeness (QED) is 0.354. The Bertz CT molecular complexity index is 411. The third kappa shape index (κ3) is 4.74. The van der Waals surface area contributed by atoms with Crippen LogP contribution in [-0.2, 0) is 0 Å². The van der Waals surface area contributed by atoms with Crippen molar-refractivity contribution in [1.82, 2.24) is 0 Å². The van der Waals surface area contributed by atoms with E-state index in [2.05, 4.69) is 32.2 Å². The molecule has 3 aliphatic carbocycles. The van der Waals surface area contributed by atoms with Crippen molar-refractivity contribution in [2.45, 2.75) is 134 Å². The van der Waals surface area contributed by atoms with E-state index in [4.69, 9.17) is 0 Å². The average Bonchev–Trinajstić information content (AvgIpc) is 2.64. The largest absolute Gasteiger partial charge is 0.147 e. The van der Waals surface area contributed by atoms with Crippen molar-refractivity contribution >= 4 is 8.07 Å². The third-order valence-corrected chi connectivity index (χ3v) is 13.8. The molecule has 0 saturated heterocycles. The highest BCUT2D eigenvalue weighted by Crippen LogP contribution is 2.56. The zero-order valence-electron chi connectivity index (χ0n) is 17.3. The minimum atomic E-state index is -1.56. The van der Waals surface area contributed by atoms with Gasteiger partial charge in [-0.2, -0.15) is 0 Å². The summed E-state index contributed by atoms with van der Waals surface area (Å²) >= 11 is 0. The van der Waals surface area contributed by atoms with Gasteiger partial charge in [-0.1, -0.05) is 96.3 Å². The lowest BCUT2D eigenvalue weighted by Gasteiger charge is -2.50. The van der Waals surface area contributed by atoms with Gasteiger partial charge in [0.2, 0.25) is 0 Å². The molecule has 0 unspecified atom stereocenters. The molecular weight excluding hydrogens is 316 g/mol. The van der Waals surface area contributed by atoms with Crippen LogP contribution in [-0.4, -0.2) is 8.07 Å². The molecule has 0 aliphatic heterocycles. The highest BCUT2D eigenvalue weighted by Gasteiger charge is 2.52. The van der Waals surface area contributed by atoms with Crippen LogP contribution in [0.2, 0.25) is 16.6 Å². The lowest BCUT2D eigenvalue weighted by atomic mass is 9.98. The first-order chi connectivity index (χ1) is 12.0. The molecule has 1 heteroatoms. The van der Waals surface area contributed by atoms with E-state index < -0.39 is 8.07 Å². The van der Waals surface area contributed by atoms with Crippen LogP contribution in [0.5, 0.6) is 0 Å². The van der Waals surface area contributed by atoms with E-state index in [1.807, 2.05) is 0 Å². The summed E-state index contributed by atoms with van der Waals surface area (Å²) in [5, 5.41) is 0. The summed E-state index contributed by atoms with van der Waals surface area (Å²) < 4.78 is 0. The van der Waals surface area contributed by atoms with Gasteiger partial charge >= 0.3 is 0 Å². The molecule has 0 amide bonds. The zero-order chi connectivity index (χ0) is 17.8. The molecule has 25 heavy (non-hydrogen) atoms. The fraction of sp³-hybridized carbons (Fsp3) is 0.917. The van der Waals surface area contributed by atoms with E-state index in [-0.39, 0.29) is 5.41 Å². The molecule has 0 N–H and O–H groups in total. The highest BCUT2D eigenvalue weighted by atomic mass is 28.3. The van der Waals surface area contributed by atoms with E-state index in [0.29, 0.717) is 0 Å². The molecule has 0 aromatic rings. The molecule has 0 atom stereocenters. The average molecular weight is 359 g/mol. The van der Waals surface area contributed by atoms with Gasteiger partial charge in [-0.3, -0.25) is 0 Å². The van der Waals surface area contributed by atoms with Crippen LogP contribution in [0, 0.1) is 16.9 Å². The molecule has 0 heterocycles. The minimum Gasteiger partial charge on any atom is -0.130 e. The van der Waals surface area contributed by atoms with Crippen molar-refractivity contribution in [3.8, 4) is 11.5 Å². The van der Waals surface area contributed by atoms with Crippen LogP contribution < -0.4 is 0 Å². The van der Waals surface area contributed by atoms with Crippen LogP contribution in [0.4, 0.5) is 0 Å². The van der Waals surface area contributed by atoms with Gasteiger partial charge in [-0.15, -0.1) is 11.5 Å². The van der Waals surface area contributed by atoms with Crippen LogP contribution in [0.15, 0.2) is 0 Å². The maximum atomic E-state index is 4.27. The van der Waals surface area contributed by atoms with Crippen molar-refractivity contribution in [1.29, 1.82) is 0 Å². The fourth-order valence-corrected chi connectivity index (χ4v) is 13.6. The first kappa shape index (κ1) is 19.5. The molecule has 3 saturated carbocycles. The molecule has 0 bridgehead atoms. The summed E-state index contributed by atoms with van der Waals surface area (Å²) in [6.07, 6.45) is 22.6. The number of hydrogen-bond donors (Lipinski definition) is 0. The van der Waals surface area contributed by atoms with Crippen molar-refractivity contribution in [2.24, 2.45) is 5.41 Å². The van der Waals surface area contributed by atoms with Crippen molar-refractivity contribution in [3.05, 3.63) is 0 Å². The van der Waals surface area contributed by atoms with E-state index in [1.165, 1.54) is 96.3 Å². The Hall–Kier alpha value is -0.223. The molecule has 3 fully saturated rings. The maximum absolute atomic E-state index is 4.27. The normalized spacial score (nSPS) is 25.4. The lowest BCUT2D eigenvalue weighted by Crippen LogP contribution is -2.50. The topological polar surface area (TPSA) is 0 Å². The van der Waals surface area contributed by atoms with Crippen LogP contribution in [0.1, 0.15) is 117 Å². The summed E-state index contributed by atoms with van der Waals surface area (Å²) in [4.78, 5) is 0. The van der Waals surface area contributed by atoms with E-state index in [0.717, 1.165) is 16.6 Å². The zero-order valence-corrected chi connectivity index (χ0v) is 18.3. The summed E-state index contributed by atoms with van der Waals surface area (Å²) in [5.41, 5.74) is 7.54. The Morgan fingerprint density at radius 3 is 1.16 bits per heavy atom. The molecule has 0 nitrogen and oxygen atoms in total. The molecule has 0 radical (unpaired) electrons. The highest BCUT2D eigenvalue weighted by molar-refractivity contribution is 6.91. The smallest absolute Gasteiger partial charge is 0.130 e. The van der Waals surface area contributed by atoms with Gasteiger partial charge in [0.15, 0.2) is 0 Å². The monoisotopic (exact) mass is 358 g/mol. The maximum Gasteiger partial charge on any atom is 0.147 e. The molecule has 142 valence electrons. The first-order valence-electron chi connectivity index (χ1n) is 11.6. The van der Waals surface area contributed by atoms with Gasteiger partial charge in [0.1, 0.15) is 8.07 Å². The Morgan fingerprint density at radius 2 is 0.880 bits per heavy atom. The first-order valence-corrected chi connectivity index (χ1v) is 13.8. The molecule has 0 spiro atoms.